The molecular formula is C33H61NO3P+. The minimum atomic E-state index is -1.59. The van der Waals surface area contributed by atoms with E-state index in [4.69, 9.17) is 9.26 Å². The van der Waals surface area contributed by atoms with Gasteiger partial charge >= 0.3 is 0 Å². The highest BCUT2D eigenvalue weighted by atomic mass is 31.2. The quantitative estimate of drug-likeness (QED) is 0.0988. The third-order valence-corrected chi connectivity index (χ3v) is 8.02. The molecule has 0 fully saturated rings. The summed E-state index contributed by atoms with van der Waals surface area (Å²) in [7, 11) is -1.59. The molecule has 0 aromatic carbocycles. The Labute approximate surface area is 237 Å². The zero-order valence-corrected chi connectivity index (χ0v) is 27.5. The van der Waals surface area contributed by atoms with Crippen molar-refractivity contribution in [2.45, 2.75) is 105 Å². The van der Waals surface area contributed by atoms with E-state index in [2.05, 4.69) is 123 Å². The highest BCUT2D eigenvalue weighted by Crippen LogP contribution is 2.56. The fraction of sp³-hybridized carbons (Fsp3) is 0.697. The number of hydrogen-bond donors (Lipinski definition) is 1. The number of rotatable bonds is 19. The van der Waals surface area contributed by atoms with Gasteiger partial charge in [0, 0.05) is 31.5 Å². The Hall–Kier alpha value is -1.35. The smallest absolute Gasteiger partial charge is 0.209 e. The van der Waals surface area contributed by atoms with Gasteiger partial charge < -0.3 is 14.4 Å². The van der Waals surface area contributed by atoms with Crippen LogP contribution in [0.4, 0.5) is 0 Å². The zero-order valence-electron chi connectivity index (χ0n) is 26.6. The summed E-state index contributed by atoms with van der Waals surface area (Å²) in [6.07, 6.45) is 14.4. The standard InChI is InChI=1S/C33H61NO3P/c1-14-30(18-15-16-27-38(12,13)37-29(3)20-23-31(4,5)6)19-17-22-33(10,11)36-28(2)21-24-34(25-26-35)32(7,8)9/h14,16-17,22,27,30,35H,1-3,15,18-21,23-26H2,4-13H3/q+1/b22-17-,27-16+. The Balaban J connectivity index is 4.62. The molecule has 0 amide bonds. The van der Waals surface area contributed by atoms with Crippen LogP contribution in [0.15, 0.2) is 61.4 Å². The zero-order chi connectivity index (χ0) is 29.6. The van der Waals surface area contributed by atoms with Gasteiger partial charge in [0.2, 0.25) is 7.49 Å². The summed E-state index contributed by atoms with van der Waals surface area (Å²) < 4.78 is 12.4. The number of allylic oxidation sites excluding steroid dienone is 4. The monoisotopic (exact) mass is 550 g/mol. The number of hydrogen-bond acceptors (Lipinski definition) is 4. The Morgan fingerprint density at radius 2 is 1.58 bits per heavy atom. The summed E-state index contributed by atoms with van der Waals surface area (Å²) in [6.45, 7) is 35.7. The van der Waals surface area contributed by atoms with Crippen LogP contribution in [0.5, 0.6) is 0 Å². The average Bonchev–Trinajstić information content (AvgIpc) is 2.74. The molecule has 1 unspecified atom stereocenters. The summed E-state index contributed by atoms with van der Waals surface area (Å²) in [5.74, 6) is 4.35. The molecule has 0 aromatic heterocycles. The predicted octanol–water partition coefficient (Wildman–Crippen LogP) is 9.37. The predicted molar refractivity (Wildman–Crippen MR) is 171 cm³/mol. The molecule has 1 N–H and O–H groups in total. The molecule has 1 atom stereocenters. The normalized spacial score (nSPS) is 14.3. The molecular weight excluding hydrogens is 489 g/mol. The van der Waals surface area contributed by atoms with E-state index in [0.717, 1.165) is 56.6 Å². The topological polar surface area (TPSA) is 41.9 Å². The van der Waals surface area contributed by atoms with Gasteiger partial charge in [0.25, 0.3) is 0 Å². The van der Waals surface area contributed by atoms with Crippen LogP contribution in [0, 0.1) is 11.3 Å². The highest BCUT2D eigenvalue weighted by molar-refractivity contribution is 7.72. The molecule has 5 heteroatoms. The molecule has 0 aliphatic rings. The molecule has 0 saturated carbocycles. The molecule has 0 radical (unpaired) electrons. The van der Waals surface area contributed by atoms with Gasteiger partial charge in [0.15, 0.2) is 0 Å². The van der Waals surface area contributed by atoms with Crippen LogP contribution >= 0.6 is 7.49 Å². The van der Waals surface area contributed by atoms with Gasteiger partial charge in [0.05, 0.1) is 31.5 Å². The lowest BCUT2D eigenvalue weighted by Crippen LogP contribution is -2.43. The largest absolute Gasteiger partial charge is 0.489 e. The highest BCUT2D eigenvalue weighted by Gasteiger charge is 2.26. The Kier molecular flexibility index (Phi) is 16.1. The lowest BCUT2D eigenvalue weighted by Gasteiger charge is -2.35. The van der Waals surface area contributed by atoms with Gasteiger partial charge in [-0.15, -0.1) is 6.58 Å². The second-order valence-electron chi connectivity index (χ2n) is 13.6. The summed E-state index contributed by atoms with van der Waals surface area (Å²) in [6, 6.07) is 0. The van der Waals surface area contributed by atoms with Crippen molar-refractivity contribution in [2.75, 3.05) is 33.0 Å². The van der Waals surface area contributed by atoms with E-state index in [1.165, 1.54) is 0 Å². The third-order valence-electron chi connectivity index (χ3n) is 6.36. The van der Waals surface area contributed by atoms with E-state index in [1.54, 1.807) is 0 Å². The number of aliphatic hydroxyl groups is 1. The maximum atomic E-state index is 9.37. The van der Waals surface area contributed by atoms with Gasteiger partial charge in [-0.1, -0.05) is 46.1 Å². The Morgan fingerprint density at radius 1 is 0.947 bits per heavy atom. The first-order chi connectivity index (χ1) is 17.3. The van der Waals surface area contributed by atoms with Crippen LogP contribution in [0.2, 0.25) is 0 Å². The maximum absolute atomic E-state index is 9.37. The van der Waals surface area contributed by atoms with Crippen molar-refractivity contribution >= 4 is 7.49 Å². The van der Waals surface area contributed by atoms with Crippen LogP contribution in [0.1, 0.15) is 93.9 Å². The second-order valence-corrected chi connectivity index (χ2v) is 16.9. The molecule has 0 rings (SSSR count). The van der Waals surface area contributed by atoms with Gasteiger partial charge in [0.1, 0.15) is 11.4 Å². The minimum Gasteiger partial charge on any atom is -0.489 e. The van der Waals surface area contributed by atoms with Crippen molar-refractivity contribution in [3.05, 3.63) is 61.4 Å². The van der Waals surface area contributed by atoms with Crippen molar-refractivity contribution in [1.82, 2.24) is 4.90 Å². The summed E-state index contributed by atoms with van der Waals surface area (Å²) in [4.78, 5) is 2.26. The van der Waals surface area contributed by atoms with Gasteiger partial charge in [-0.05, 0) is 83.8 Å². The van der Waals surface area contributed by atoms with Crippen molar-refractivity contribution in [2.24, 2.45) is 11.3 Å². The van der Waals surface area contributed by atoms with Crippen molar-refractivity contribution < 1.29 is 14.4 Å². The SMILES string of the molecule is C=CC(C/C=C\C(C)(C)OC(=C)CCN(CCO)C(C)(C)C)CC/C=C/[P+](C)(C)OC(=C)CCC(C)(C)C. The number of ether oxygens (including phenoxy) is 1. The van der Waals surface area contributed by atoms with E-state index < -0.39 is 13.1 Å². The van der Waals surface area contributed by atoms with Crippen molar-refractivity contribution in [3.63, 3.8) is 0 Å². The number of nitrogens with zero attached hydrogens (tertiary/aromatic N) is 1. The van der Waals surface area contributed by atoms with E-state index in [-0.39, 0.29) is 12.1 Å². The second kappa shape index (κ2) is 16.7. The van der Waals surface area contributed by atoms with Crippen LogP contribution < -0.4 is 0 Å². The first-order valence-electron chi connectivity index (χ1n) is 14.2. The summed E-state index contributed by atoms with van der Waals surface area (Å²) in [5, 5.41) is 9.37. The molecule has 220 valence electrons. The van der Waals surface area contributed by atoms with Gasteiger partial charge in [-0.3, -0.25) is 4.90 Å². The Morgan fingerprint density at radius 3 is 2.11 bits per heavy atom. The molecule has 0 heterocycles. The molecule has 0 saturated heterocycles. The number of aliphatic hydroxyl groups excluding tert-OH is 1. The van der Waals surface area contributed by atoms with Crippen LogP contribution in [0.3, 0.4) is 0 Å². The molecule has 0 aromatic rings. The number of β-amino-alcohol motifs (C(OH)–C–C–N with tert-alkyl or cyclic N) is 1. The third kappa shape index (κ3) is 18.8. The van der Waals surface area contributed by atoms with E-state index in [1.807, 2.05) is 0 Å². The van der Waals surface area contributed by atoms with Gasteiger partial charge in [-0.25, -0.2) is 0 Å². The maximum Gasteiger partial charge on any atom is 0.209 e. The summed E-state index contributed by atoms with van der Waals surface area (Å²) >= 11 is 0. The fourth-order valence-electron chi connectivity index (χ4n) is 4.04. The average molecular weight is 551 g/mol. The lowest BCUT2D eigenvalue weighted by molar-refractivity contribution is 0.0587. The lowest BCUT2D eigenvalue weighted by atomic mass is 9.90. The van der Waals surface area contributed by atoms with E-state index in [9.17, 15) is 5.11 Å². The molecule has 0 spiro atoms. The van der Waals surface area contributed by atoms with E-state index in [0.29, 0.717) is 17.9 Å². The van der Waals surface area contributed by atoms with Crippen molar-refractivity contribution in [1.29, 1.82) is 0 Å². The fourth-order valence-corrected chi connectivity index (χ4v) is 5.51. The van der Waals surface area contributed by atoms with Gasteiger partial charge in [-0.2, -0.15) is 0 Å². The Bertz CT molecular complexity index is 781. The van der Waals surface area contributed by atoms with E-state index >= 15 is 0 Å². The molecule has 0 aliphatic carbocycles. The van der Waals surface area contributed by atoms with Crippen molar-refractivity contribution in [3.8, 4) is 0 Å². The first-order valence-corrected chi connectivity index (χ1v) is 16.9. The first kappa shape index (κ1) is 36.6. The summed E-state index contributed by atoms with van der Waals surface area (Å²) in [5.41, 5.74) is -0.130. The van der Waals surface area contributed by atoms with Crippen LogP contribution in [-0.2, 0) is 9.26 Å². The van der Waals surface area contributed by atoms with Crippen LogP contribution in [0.25, 0.3) is 0 Å². The molecule has 0 bridgehead atoms. The molecule has 0 aliphatic heterocycles. The molecule has 38 heavy (non-hydrogen) atoms. The van der Waals surface area contributed by atoms with Crippen LogP contribution in [-0.4, -0.2) is 54.2 Å². The molecule has 4 nitrogen and oxygen atoms in total. The minimum absolute atomic E-state index is 0.00147.